The molecule has 0 aromatic heterocycles. The molecule has 0 saturated heterocycles. The standard InChI is InChI=1S/C11H18N2S/c1-7(2)10-11(8(3)4)13-9(12-10)5-6-14-13/h5-9,12H,1-4H3. The minimum absolute atomic E-state index is 0.398. The Morgan fingerprint density at radius 2 is 2.00 bits per heavy atom. The highest BCUT2D eigenvalue weighted by Crippen LogP contribution is 2.39. The molecule has 3 heteroatoms. The quantitative estimate of drug-likeness (QED) is 0.705. The van der Waals surface area contributed by atoms with E-state index in [-0.39, 0.29) is 0 Å². The summed E-state index contributed by atoms with van der Waals surface area (Å²) in [6, 6.07) is 0. The maximum absolute atomic E-state index is 3.58. The molecule has 0 aromatic rings. The van der Waals surface area contributed by atoms with Gasteiger partial charge >= 0.3 is 0 Å². The van der Waals surface area contributed by atoms with Crippen molar-refractivity contribution in [2.75, 3.05) is 0 Å². The number of rotatable bonds is 2. The van der Waals surface area contributed by atoms with Crippen molar-refractivity contribution in [1.29, 1.82) is 0 Å². The molecule has 78 valence electrons. The molecule has 0 amide bonds. The van der Waals surface area contributed by atoms with Crippen LogP contribution in [0.4, 0.5) is 0 Å². The molecule has 2 nitrogen and oxygen atoms in total. The van der Waals surface area contributed by atoms with Gasteiger partial charge in [-0.15, -0.1) is 0 Å². The molecule has 0 saturated carbocycles. The molecule has 1 atom stereocenters. The zero-order valence-corrected chi connectivity index (χ0v) is 10.1. The van der Waals surface area contributed by atoms with E-state index in [0.717, 1.165) is 0 Å². The van der Waals surface area contributed by atoms with E-state index in [1.54, 1.807) is 11.9 Å². The van der Waals surface area contributed by atoms with Crippen molar-refractivity contribution in [3.05, 3.63) is 22.9 Å². The molecule has 0 fully saturated rings. The Kier molecular flexibility index (Phi) is 2.52. The van der Waals surface area contributed by atoms with Crippen LogP contribution in [-0.4, -0.2) is 10.5 Å². The minimum atomic E-state index is 0.398. The van der Waals surface area contributed by atoms with Gasteiger partial charge in [0.25, 0.3) is 0 Å². The summed E-state index contributed by atoms with van der Waals surface area (Å²) in [5.74, 6) is 1.18. The summed E-state index contributed by atoms with van der Waals surface area (Å²) >= 11 is 1.80. The summed E-state index contributed by atoms with van der Waals surface area (Å²) in [5, 5.41) is 5.75. The van der Waals surface area contributed by atoms with Crippen LogP contribution in [0.15, 0.2) is 22.9 Å². The Bertz CT molecular complexity index is 292. The zero-order chi connectivity index (χ0) is 10.3. The first kappa shape index (κ1) is 9.97. The van der Waals surface area contributed by atoms with Gasteiger partial charge in [0.2, 0.25) is 0 Å². The van der Waals surface area contributed by atoms with Crippen LogP contribution in [0, 0.1) is 11.8 Å². The summed E-state index contributed by atoms with van der Waals surface area (Å²) in [5.41, 5.74) is 2.89. The fraction of sp³-hybridized carbons (Fsp3) is 0.636. The van der Waals surface area contributed by atoms with Crippen LogP contribution in [0.2, 0.25) is 0 Å². The number of hydrogen-bond acceptors (Lipinski definition) is 3. The van der Waals surface area contributed by atoms with Gasteiger partial charge in [-0.05, 0) is 35.3 Å². The third-order valence-corrected chi connectivity index (χ3v) is 3.56. The normalized spacial score (nSPS) is 25.3. The van der Waals surface area contributed by atoms with Crippen LogP contribution >= 0.6 is 11.9 Å². The van der Waals surface area contributed by atoms with E-state index in [2.05, 4.69) is 48.8 Å². The lowest BCUT2D eigenvalue weighted by Crippen LogP contribution is -2.29. The summed E-state index contributed by atoms with van der Waals surface area (Å²) in [7, 11) is 0. The smallest absolute Gasteiger partial charge is 0.129 e. The van der Waals surface area contributed by atoms with Crippen molar-refractivity contribution >= 4 is 11.9 Å². The van der Waals surface area contributed by atoms with Gasteiger partial charge < -0.3 is 5.32 Å². The number of nitrogens with one attached hydrogen (secondary N) is 1. The van der Waals surface area contributed by atoms with Gasteiger partial charge in [-0.1, -0.05) is 27.7 Å². The Morgan fingerprint density at radius 3 is 2.57 bits per heavy atom. The topological polar surface area (TPSA) is 15.3 Å². The minimum Gasteiger partial charge on any atom is -0.363 e. The second-order valence-electron chi connectivity index (χ2n) is 4.46. The van der Waals surface area contributed by atoms with Crippen LogP contribution in [-0.2, 0) is 0 Å². The predicted octanol–water partition coefficient (Wildman–Crippen LogP) is 2.92. The second kappa shape index (κ2) is 3.54. The largest absolute Gasteiger partial charge is 0.363 e. The fourth-order valence-electron chi connectivity index (χ4n) is 2.01. The summed E-state index contributed by atoms with van der Waals surface area (Å²) < 4.78 is 2.39. The van der Waals surface area contributed by atoms with Crippen molar-refractivity contribution in [1.82, 2.24) is 9.62 Å². The predicted molar refractivity (Wildman–Crippen MR) is 62.2 cm³/mol. The maximum Gasteiger partial charge on any atom is 0.129 e. The first-order chi connectivity index (χ1) is 6.61. The molecule has 2 aliphatic rings. The number of hydrogen-bond donors (Lipinski definition) is 1. The average Bonchev–Trinajstić information content (AvgIpc) is 2.58. The lowest BCUT2D eigenvalue weighted by Gasteiger charge is -2.21. The summed E-state index contributed by atoms with van der Waals surface area (Å²) in [4.78, 5) is 0. The van der Waals surface area contributed by atoms with E-state index in [1.165, 1.54) is 11.4 Å². The van der Waals surface area contributed by atoms with Gasteiger partial charge in [0, 0.05) is 11.4 Å². The van der Waals surface area contributed by atoms with Gasteiger partial charge in [0.15, 0.2) is 0 Å². The van der Waals surface area contributed by atoms with Gasteiger partial charge in [-0.25, -0.2) is 0 Å². The first-order valence-electron chi connectivity index (χ1n) is 5.24. The molecule has 0 spiro atoms. The average molecular weight is 210 g/mol. The van der Waals surface area contributed by atoms with Crippen molar-refractivity contribution in [3.63, 3.8) is 0 Å². The SMILES string of the molecule is CC(C)C1=C(C(C)C)N2SC=CC2N1. The molecule has 0 aliphatic carbocycles. The maximum atomic E-state index is 3.58. The second-order valence-corrected chi connectivity index (χ2v) is 5.33. The molecule has 0 aromatic carbocycles. The van der Waals surface area contributed by atoms with Crippen molar-refractivity contribution < 1.29 is 0 Å². The van der Waals surface area contributed by atoms with Crippen molar-refractivity contribution in [2.24, 2.45) is 11.8 Å². The molecule has 1 unspecified atom stereocenters. The van der Waals surface area contributed by atoms with Crippen LogP contribution in [0.1, 0.15) is 27.7 Å². The first-order valence-corrected chi connectivity index (χ1v) is 6.08. The monoisotopic (exact) mass is 210 g/mol. The number of fused-ring (bicyclic) bond motifs is 1. The van der Waals surface area contributed by atoms with Gasteiger partial charge in [0.1, 0.15) is 6.17 Å². The van der Waals surface area contributed by atoms with Gasteiger partial charge in [-0.3, -0.25) is 4.31 Å². The number of allylic oxidation sites excluding steroid dienone is 2. The molecular formula is C11H18N2S. The summed E-state index contributed by atoms with van der Waals surface area (Å²) in [6.45, 7) is 9.03. The molecule has 1 N–H and O–H groups in total. The molecule has 2 aliphatic heterocycles. The lowest BCUT2D eigenvalue weighted by atomic mass is 10.0. The molecule has 2 rings (SSSR count). The molecule has 2 heterocycles. The third kappa shape index (κ3) is 1.44. The molecule has 14 heavy (non-hydrogen) atoms. The van der Waals surface area contributed by atoms with Gasteiger partial charge in [-0.2, -0.15) is 0 Å². The Morgan fingerprint density at radius 1 is 1.29 bits per heavy atom. The Balaban J connectivity index is 2.30. The highest BCUT2D eigenvalue weighted by molar-refractivity contribution is 8.00. The molecular weight excluding hydrogens is 192 g/mol. The molecule has 0 bridgehead atoms. The lowest BCUT2D eigenvalue weighted by molar-refractivity contribution is 0.464. The molecule has 0 radical (unpaired) electrons. The summed E-state index contributed by atoms with van der Waals surface area (Å²) in [6.07, 6.45) is 2.62. The van der Waals surface area contributed by atoms with E-state index in [9.17, 15) is 0 Å². The van der Waals surface area contributed by atoms with Crippen LogP contribution in [0.5, 0.6) is 0 Å². The van der Waals surface area contributed by atoms with Crippen molar-refractivity contribution in [3.8, 4) is 0 Å². The van der Waals surface area contributed by atoms with Crippen LogP contribution in [0.25, 0.3) is 0 Å². The highest BCUT2D eigenvalue weighted by Gasteiger charge is 2.34. The Hall–Kier alpha value is -0.570. The fourth-order valence-corrected chi connectivity index (χ4v) is 3.04. The van der Waals surface area contributed by atoms with E-state index in [0.29, 0.717) is 18.0 Å². The zero-order valence-electron chi connectivity index (χ0n) is 9.24. The third-order valence-electron chi connectivity index (χ3n) is 2.63. The van der Waals surface area contributed by atoms with Crippen LogP contribution < -0.4 is 5.32 Å². The van der Waals surface area contributed by atoms with E-state index >= 15 is 0 Å². The van der Waals surface area contributed by atoms with Gasteiger partial charge in [0.05, 0.1) is 0 Å². The van der Waals surface area contributed by atoms with E-state index < -0.39 is 0 Å². The van der Waals surface area contributed by atoms with E-state index in [1.807, 2.05) is 0 Å². The highest BCUT2D eigenvalue weighted by atomic mass is 32.2. The van der Waals surface area contributed by atoms with Crippen molar-refractivity contribution in [2.45, 2.75) is 33.9 Å². The van der Waals surface area contributed by atoms with Crippen LogP contribution in [0.3, 0.4) is 0 Å². The number of nitrogens with zero attached hydrogens (tertiary/aromatic N) is 1. The van der Waals surface area contributed by atoms with E-state index in [4.69, 9.17) is 0 Å². The Labute approximate surface area is 90.6 Å².